The minimum atomic E-state index is -4.83. The van der Waals surface area contributed by atoms with Gasteiger partial charge < -0.3 is 14.5 Å². The summed E-state index contributed by atoms with van der Waals surface area (Å²) in [6, 6.07) is 7.85. The third kappa shape index (κ3) is 4.79. The molecule has 1 N–H and O–H groups in total. The van der Waals surface area contributed by atoms with E-state index in [0.717, 1.165) is 22.7 Å². The number of amides is 1. The van der Waals surface area contributed by atoms with Crippen molar-refractivity contribution in [1.29, 1.82) is 0 Å². The Balaban J connectivity index is 2.18. The molecule has 7 nitrogen and oxygen atoms in total. The summed E-state index contributed by atoms with van der Waals surface area (Å²) in [5.74, 6) is -0.798. The summed E-state index contributed by atoms with van der Waals surface area (Å²) in [4.78, 5) is 12.6. The molecule has 12 heteroatoms. The number of halogens is 4. The van der Waals surface area contributed by atoms with Gasteiger partial charge in [-0.05, 0) is 46.3 Å². The summed E-state index contributed by atoms with van der Waals surface area (Å²) in [5, 5.41) is 2.89. The van der Waals surface area contributed by atoms with Gasteiger partial charge in [0.2, 0.25) is 10.0 Å². The molecule has 0 atom stereocenters. The fraction of sp³-hybridized carbons (Fsp3) is 0.211. The first kappa shape index (κ1) is 22.9. The normalized spacial score (nSPS) is 12.1. The number of carbonyl (C=O) groups is 1. The topological polar surface area (TPSA) is 88.8 Å². The Hall–Kier alpha value is -2.73. The average Bonchev–Trinajstić information content (AvgIpc) is 3.03. The maximum Gasteiger partial charge on any atom is 0.573 e. The smallest absolute Gasteiger partial charge is 0.455 e. The summed E-state index contributed by atoms with van der Waals surface area (Å²) in [6.45, 7) is 0. The van der Waals surface area contributed by atoms with Crippen LogP contribution < -0.4 is 14.4 Å². The van der Waals surface area contributed by atoms with Crippen molar-refractivity contribution in [3.8, 4) is 17.1 Å². The van der Waals surface area contributed by atoms with Gasteiger partial charge >= 0.3 is 6.36 Å². The molecule has 0 saturated heterocycles. The van der Waals surface area contributed by atoms with Gasteiger partial charge in [-0.2, -0.15) is 0 Å². The van der Waals surface area contributed by atoms with Crippen molar-refractivity contribution in [2.75, 3.05) is 24.7 Å². The van der Waals surface area contributed by atoms with Crippen molar-refractivity contribution < 1.29 is 35.5 Å². The zero-order valence-electron chi connectivity index (χ0n) is 16.4. The predicted octanol–water partition coefficient (Wildman–Crippen LogP) is 4.52. The van der Waals surface area contributed by atoms with Crippen LogP contribution in [0.25, 0.3) is 22.3 Å². The molecule has 31 heavy (non-hydrogen) atoms. The Morgan fingerprint density at radius 3 is 2.32 bits per heavy atom. The van der Waals surface area contributed by atoms with Crippen LogP contribution in [0.2, 0.25) is 0 Å². The molecule has 0 aliphatic carbocycles. The van der Waals surface area contributed by atoms with Crippen molar-refractivity contribution in [2.45, 2.75) is 6.36 Å². The van der Waals surface area contributed by atoms with E-state index in [2.05, 4.69) is 26.0 Å². The lowest BCUT2D eigenvalue weighted by Gasteiger charge is -2.18. The van der Waals surface area contributed by atoms with E-state index in [0.29, 0.717) is 15.4 Å². The van der Waals surface area contributed by atoms with Crippen LogP contribution >= 0.6 is 15.9 Å². The van der Waals surface area contributed by atoms with Crippen molar-refractivity contribution >= 4 is 48.5 Å². The lowest BCUT2D eigenvalue weighted by atomic mass is 10.0. The Morgan fingerprint density at radius 1 is 1.19 bits per heavy atom. The molecular formula is C19H16BrF3N2O5S. The number of hydrogen-bond acceptors (Lipinski definition) is 5. The number of benzene rings is 2. The van der Waals surface area contributed by atoms with E-state index < -0.39 is 28.0 Å². The van der Waals surface area contributed by atoms with E-state index in [1.807, 2.05) is 0 Å². The second-order valence-electron chi connectivity index (χ2n) is 6.49. The number of furan rings is 1. The zero-order chi connectivity index (χ0) is 23.1. The van der Waals surface area contributed by atoms with Gasteiger partial charge in [0.25, 0.3) is 5.91 Å². The fourth-order valence-electron chi connectivity index (χ4n) is 2.89. The van der Waals surface area contributed by atoms with E-state index in [4.69, 9.17) is 4.42 Å². The minimum Gasteiger partial charge on any atom is -0.455 e. The third-order valence-corrected chi connectivity index (χ3v) is 6.23. The first-order valence-electron chi connectivity index (χ1n) is 8.60. The number of sulfonamides is 1. The predicted molar refractivity (Wildman–Crippen MR) is 113 cm³/mol. The Labute approximate surface area is 183 Å². The van der Waals surface area contributed by atoms with Gasteiger partial charge in [-0.25, -0.2) is 8.42 Å². The highest BCUT2D eigenvalue weighted by Crippen LogP contribution is 2.40. The van der Waals surface area contributed by atoms with Crippen LogP contribution in [-0.2, 0) is 10.0 Å². The van der Waals surface area contributed by atoms with Gasteiger partial charge in [0.1, 0.15) is 17.1 Å². The number of rotatable bonds is 5. The molecule has 1 heterocycles. The lowest BCUT2D eigenvalue weighted by Crippen LogP contribution is -2.25. The lowest BCUT2D eigenvalue weighted by molar-refractivity contribution is -0.274. The van der Waals surface area contributed by atoms with Crippen LogP contribution in [-0.4, -0.2) is 41.0 Å². The maximum absolute atomic E-state index is 12.6. The second kappa shape index (κ2) is 8.08. The number of nitrogens with one attached hydrogen (secondary N) is 1. The molecule has 166 valence electrons. The Bertz CT molecular complexity index is 1250. The quantitative estimate of drug-likeness (QED) is 0.534. The Morgan fingerprint density at radius 2 is 1.81 bits per heavy atom. The molecule has 3 aromatic rings. The number of carbonyl (C=O) groups excluding carboxylic acids is 1. The number of alkyl halides is 3. The average molecular weight is 521 g/mol. The zero-order valence-corrected chi connectivity index (χ0v) is 18.8. The summed E-state index contributed by atoms with van der Waals surface area (Å²) in [5.41, 5.74) is 0.986. The van der Waals surface area contributed by atoms with Gasteiger partial charge in [0.05, 0.1) is 17.5 Å². The van der Waals surface area contributed by atoms with Crippen LogP contribution in [0.15, 0.2) is 45.3 Å². The highest BCUT2D eigenvalue weighted by Gasteiger charge is 2.31. The van der Waals surface area contributed by atoms with Crippen molar-refractivity contribution in [3.63, 3.8) is 0 Å². The fourth-order valence-corrected chi connectivity index (χ4v) is 4.12. The SMILES string of the molecule is CNC(=O)c1c(-c2ccc(OC(F)(F)F)cc2)oc2cc(N(C)S(C)(=O)=O)c(Br)cc12. The number of ether oxygens (including phenoxy) is 1. The summed E-state index contributed by atoms with van der Waals surface area (Å²) in [7, 11) is -0.779. The largest absolute Gasteiger partial charge is 0.573 e. The van der Waals surface area contributed by atoms with Crippen LogP contribution in [0.1, 0.15) is 10.4 Å². The van der Waals surface area contributed by atoms with Crippen molar-refractivity contribution in [1.82, 2.24) is 5.32 Å². The molecule has 1 amide bonds. The molecule has 0 aliphatic rings. The second-order valence-corrected chi connectivity index (χ2v) is 9.36. The number of hydrogen-bond donors (Lipinski definition) is 1. The molecule has 0 bridgehead atoms. The monoisotopic (exact) mass is 520 g/mol. The molecule has 0 fully saturated rings. The molecule has 0 unspecified atom stereocenters. The molecule has 0 saturated carbocycles. The van der Waals surface area contributed by atoms with E-state index >= 15 is 0 Å². The van der Waals surface area contributed by atoms with Gasteiger partial charge in [-0.3, -0.25) is 9.10 Å². The molecule has 2 aromatic carbocycles. The maximum atomic E-state index is 12.6. The van der Waals surface area contributed by atoms with E-state index in [1.165, 1.54) is 32.3 Å². The molecule has 0 aliphatic heterocycles. The van der Waals surface area contributed by atoms with Crippen LogP contribution in [0.4, 0.5) is 18.9 Å². The van der Waals surface area contributed by atoms with Gasteiger partial charge in [-0.15, -0.1) is 13.2 Å². The van der Waals surface area contributed by atoms with Gasteiger partial charge in [0, 0.05) is 35.6 Å². The van der Waals surface area contributed by atoms with Crippen LogP contribution in [0, 0.1) is 0 Å². The molecule has 0 radical (unpaired) electrons. The van der Waals surface area contributed by atoms with Gasteiger partial charge in [-0.1, -0.05) is 0 Å². The summed E-state index contributed by atoms with van der Waals surface area (Å²) in [6.07, 6.45) is -3.79. The van der Waals surface area contributed by atoms with E-state index in [-0.39, 0.29) is 22.6 Å². The first-order valence-corrected chi connectivity index (χ1v) is 11.2. The number of nitrogens with zero attached hydrogens (tertiary/aromatic N) is 1. The molecule has 1 aromatic heterocycles. The van der Waals surface area contributed by atoms with E-state index in [9.17, 15) is 26.4 Å². The standard InChI is InChI=1S/C19H16BrF3N2O5S/c1-24-18(26)16-12-8-13(20)14(25(2)31(3,27)28)9-15(12)29-17(16)10-4-6-11(7-5-10)30-19(21,22)23/h4-9H,1-3H3,(H,24,26). The highest BCUT2D eigenvalue weighted by molar-refractivity contribution is 9.10. The van der Waals surface area contributed by atoms with Crippen LogP contribution in [0.5, 0.6) is 5.75 Å². The van der Waals surface area contributed by atoms with Crippen molar-refractivity contribution in [2.24, 2.45) is 0 Å². The van der Waals surface area contributed by atoms with Crippen LogP contribution in [0.3, 0.4) is 0 Å². The highest BCUT2D eigenvalue weighted by atomic mass is 79.9. The third-order valence-electron chi connectivity index (χ3n) is 4.40. The first-order chi connectivity index (χ1) is 14.3. The number of anilines is 1. The molecular weight excluding hydrogens is 505 g/mol. The van der Waals surface area contributed by atoms with E-state index in [1.54, 1.807) is 6.07 Å². The summed E-state index contributed by atoms with van der Waals surface area (Å²) >= 11 is 3.32. The van der Waals surface area contributed by atoms with Gasteiger partial charge in [0.15, 0.2) is 0 Å². The summed E-state index contributed by atoms with van der Waals surface area (Å²) < 4.78 is 72.2. The Kier molecular flexibility index (Phi) is 5.98. The van der Waals surface area contributed by atoms with Crippen molar-refractivity contribution in [3.05, 3.63) is 46.4 Å². The molecule has 0 spiro atoms. The molecule has 3 rings (SSSR count). The minimum absolute atomic E-state index is 0.110. The number of fused-ring (bicyclic) bond motifs is 1.